The molecule has 2 aromatic carbocycles. The average molecular weight is 459 g/mol. The van der Waals surface area contributed by atoms with Crippen molar-refractivity contribution in [3.05, 3.63) is 89.2 Å². The molecular weight excluding hydrogens is 428 g/mol. The fourth-order valence-corrected chi connectivity index (χ4v) is 4.37. The number of nitrogens with zero attached hydrogens (tertiary/aromatic N) is 3. The summed E-state index contributed by atoms with van der Waals surface area (Å²) in [5.74, 6) is 0.646. The maximum absolute atomic E-state index is 13.5. The lowest BCUT2D eigenvalue weighted by Crippen LogP contribution is -2.51. The molecule has 1 aliphatic heterocycles. The van der Waals surface area contributed by atoms with Crippen molar-refractivity contribution in [2.75, 3.05) is 32.1 Å². The maximum Gasteiger partial charge on any atom is 0.254 e. The third kappa shape index (κ3) is 5.03. The molecule has 3 aromatic rings. The van der Waals surface area contributed by atoms with Crippen LogP contribution in [0.25, 0.3) is 0 Å². The fraction of sp³-hybridized carbons (Fsp3) is 0.296. The summed E-state index contributed by atoms with van der Waals surface area (Å²) in [6.45, 7) is 5.52. The van der Waals surface area contributed by atoms with E-state index in [2.05, 4.69) is 10.3 Å². The number of piperazine rings is 1. The van der Waals surface area contributed by atoms with E-state index in [9.17, 15) is 9.59 Å². The van der Waals surface area contributed by atoms with Crippen LogP contribution in [0.3, 0.4) is 0 Å². The van der Waals surface area contributed by atoms with Crippen molar-refractivity contribution in [3.63, 3.8) is 0 Å². The second-order valence-corrected chi connectivity index (χ2v) is 8.43. The lowest BCUT2D eigenvalue weighted by atomic mass is 10.00. The van der Waals surface area contributed by atoms with Crippen molar-refractivity contribution in [1.29, 1.82) is 0 Å². The molecule has 1 unspecified atom stereocenters. The van der Waals surface area contributed by atoms with Gasteiger partial charge in [-0.2, -0.15) is 0 Å². The Balaban J connectivity index is 1.55. The van der Waals surface area contributed by atoms with E-state index >= 15 is 0 Å². The van der Waals surface area contributed by atoms with Gasteiger partial charge in [0.25, 0.3) is 5.91 Å². The highest BCUT2D eigenvalue weighted by molar-refractivity contribution is 5.95. The largest absolute Gasteiger partial charge is 0.496 e. The van der Waals surface area contributed by atoms with Crippen LogP contribution >= 0.6 is 0 Å². The summed E-state index contributed by atoms with van der Waals surface area (Å²) in [5.41, 5.74) is 4.41. The van der Waals surface area contributed by atoms with Gasteiger partial charge in [-0.05, 0) is 42.8 Å². The molecule has 2 heterocycles. The molecule has 0 bridgehead atoms. The lowest BCUT2D eigenvalue weighted by Gasteiger charge is -2.41. The van der Waals surface area contributed by atoms with Crippen molar-refractivity contribution in [2.45, 2.75) is 26.4 Å². The van der Waals surface area contributed by atoms with Gasteiger partial charge in [0.05, 0.1) is 25.4 Å². The first-order chi connectivity index (χ1) is 16.5. The van der Waals surface area contributed by atoms with Crippen LogP contribution in [0.2, 0.25) is 0 Å². The number of benzene rings is 2. The van der Waals surface area contributed by atoms with E-state index in [1.807, 2.05) is 77.4 Å². The smallest absolute Gasteiger partial charge is 0.254 e. The molecule has 34 heavy (non-hydrogen) atoms. The number of amides is 2. The van der Waals surface area contributed by atoms with E-state index in [0.29, 0.717) is 37.5 Å². The normalized spacial score (nSPS) is 15.7. The summed E-state index contributed by atoms with van der Waals surface area (Å²) in [5, 5.41) is 3.40. The van der Waals surface area contributed by atoms with Crippen LogP contribution in [0.4, 0.5) is 5.69 Å². The number of methoxy groups -OCH3 is 1. The van der Waals surface area contributed by atoms with Crippen LogP contribution in [0, 0.1) is 6.92 Å². The van der Waals surface area contributed by atoms with Crippen LogP contribution in [0.5, 0.6) is 5.75 Å². The molecule has 0 saturated carbocycles. The average Bonchev–Trinajstić information content (AvgIpc) is 2.88. The zero-order valence-electron chi connectivity index (χ0n) is 19.8. The number of rotatable bonds is 6. The molecule has 176 valence electrons. The van der Waals surface area contributed by atoms with Gasteiger partial charge in [-0.15, -0.1) is 0 Å². The Morgan fingerprint density at radius 3 is 2.62 bits per heavy atom. The number of para-hydroxylation sites is 1. The first-order valence-electron chi connectivity index (χ1n) is 11.4. The van der Waals surface area contributed by atoms with E-state index in [0.717, 1.165) is 22.5 Å². The number of carbonyl (C=O) groups excluding carboxylic acids is 2. The SMILES string of the molecule is COc1ccccc1C1CN(C(=O)c2ccc(C)c(NCc3ccccn3)c2)CCN1C(C)=O. The summed E-state index contributed by atoms with van der Waals surface area (Å²) in [6, 6.07) is 18.9. The molecule has 7 nitrogen and oxygen atoms in total. The van der Waals surface area contributed by atoms with E-state index in [4.69, 9.17) is 4.74 Å². The standard InChI is InChI=1S/C27H30N4O3/c1-19-11-12-21(16-24(19)29-17-22-8-6-7-13-28-22)27(33)30-14-15-31(20(2)32)25(18-30)23-9-4-5-10-26(23)34-3/h4-13,16,25,29H,14-15,17-18H2,1-3H3. The predicted molar refractivity (Wildman–Crippen MR) is 132 cm³/mol. The Bertz CT molecular complexity index is 1170. The number of anilines is 1. The molecule has 4 rings (SSSR count). The maximum atomic E-state index is 13.5. The number of nitrogens with one attached hydrogen (secondary N) is 1. The second kappa shape index (κ2) is 10.4. The summed E-state index contributed by atoms with van der Waals surface area (Å²) in [4.78, 5) is 33.9. The lowest BCUT2D eigenvalue weighted by molar-refractivity contribution is -0.133. The summed E-state index contributed by atoms with van der Waals surface area (Å²) >= 11 is 0. The van der Waals surface area contributed by atoms with Crippen LogP contribution in [0.1, 0.15) is 40.1 Å². The fourth-order valence-electron chi connectivity index (χ4n) is 4.37. The quantitative estimate of drug-likeness (QED) is 0.603. The Morgan fingerprint density at radius 1 is 1.09 bits per heavy atom. The number of hydrogen-bond donors (Lipinski definition) is 1. The first-order valence-corrected chi connectivity index (χ1v) is 11.4. The van der Waals surface area contributed by atoms with Gasteiger partial charge in [-0.1, -0.05) is 30.3 Å². The highest BCUT2D eigenvalue weighted by Gasteiger charge is 2.34. The Hall–Kier alpha value is -3.87. The first kappa shape index (κ1) is 23.3. The third-order valence-corrected chi connectivity index (χ3v) is 6.24. The van der Waals surface area contributed by atoms with E-state index in [1.165, 1.54) is 0 Å². The van der Waals surface area contributed by atoms with Crippen LogP contribution in [-0.2, 0) is 11.3 Å². The van der Waals surface area contributed by atoms with Crippen LogP contribution in [0.15, 0.2) is 66.9 Å². The Labute approximate surface area is 200 Å². The minimum absolute atomic E-state index is 0.0145. The Kier molecular flexibility index (Phi) is 7.11. The van der Waals surface area contributed by atoms with E-state index in [-0.39, 0.29) is 17.9 Å². The minimum Gasteiger partial charge on any atom is -0.496 e. The minimum atomic E-state index is -0.265. The Morgan fingerprint density at radius 2 is 1.88 bits per heavy atom. The highest BCUT2D eigenvalue weighted by Crippen LogP contribution is 2.33. The number of ether oxygens (including phenoxy) is 1. The number of aryl methyl sites for hydroxylation is 1. The molecule has 2 amide bonds. The molecule has 0 aliphatic carbocycles. The number of carbonyl (C=O) groups is 2. The highest BCUT2D eigenvalue weighted by atomic mass is 16.5. The van der Waals surface area contributed by atoms with Gasteiger partial charge < -0.3 is 19.9 Å². The molecule has 1 N–H and O–H groups in total. The summed E-state index contributed by atoms with van der Waals surface area (Å²) < 4.78 is 5.54. The molecule has 1 atom stereocenters. The van der Waals surface area contributed by atoms with Gasteiger partial charge in [-0.3, -0.25) is 14.6 Å². The number of aromatic nitrogens is 1. The summed E-state index contributed by atoms with van der Waals surface area (Å²) in [6.07, 6.45) is 1.77. The third-order valence-electron chi connectivity index (χ3n) is 6.24. The summed E-state index contributed by atoms with van der Waals surface area (Å²) in [7, 11) is 1.62. The molecule has 1 aromatic heterocycles. The topological polar surface area (TPSA) is 74.8 Å². The van der Waals surface area contributed by atoms with Gasteiger partial charge in [0.1, 0.15) is 5.75 Å². The van der Waals surface area contributed by atoms with Crippen LogP contribution in [-0.4, -0.2) is 53.3 Å². The van der Waals surface area contributed by atoms with E-state index < -0.39 is 0 Å². The molecule has 1 aliphatic rings. The van der Waals surface area contributed by atoms with Crippen LogP contribution < -0.4 is 10.1 Å². The van der Waals surface area contributed by atoms with Crippen molar-refractivity contribution >= 4 is 17.5 Å². The van der Waals surface area contributed by atoms with Gasteiger partial charge in [0.2, 0.25) is 5.91 Å². The van der Waals surface area contributed by atoms with Crippen molar-refractivity contribution in [2.24, 2.45) is 0 Å². The molecular formula is C27H30N4O3. The molecule has 1 saturated heterocycles. The van der Waals surface area contributed by atoms with Crippen molar-refractivity contribution in [1.82, 2.24) is 14.8 Å². The zero-order valence-corrected chi connectivity index (χ0v) is 19.8. The van der Waals surface area contributed by atoms with Gasteiger partial charge >= 0.3 is 0 Å². The molecule has 7 heteroatoms. The van der Waals surface area contributed by atoms with Gasteiger partial charge in [0.15, 0.2) is 0 Å². The number of hydrogen-bond acceptors (Lipinski definition) is 5. The van der Waals surface area contributed by atoms with Gasteiger partial charge in [-0.25, -0.2) is 0 Å². The molecule has 0 spiro atoms. The number of pyridine rings is 1. The van der Waals surface area contributed by atoms with Crippen molar-refractivity contribution < 1.29 is 14.3 Å². The van der Waals surface area contributed by atoms with Crippen molar-refractivity contribution in [3.8, 4) is 5.75 Å². The second-order valence-electron chi connectivity index (χ2n) is 8.43. The molecule has 1 fully saturated rings. The van der Waals surface area contributed by atoms with Gasteiger partial charge in [0, 0.05) is 49.6 Å². The molecule has 0 radical (unpaired) electrons. The van der Waals surface area contributed by atoms with E-state index in [1.54, 1.807) is 20.2 Å². The monoisotopic (exact) mass is 458 g/mol. The zero-order chi connectivity index (χ0) is 24.1. The predicted octanol–water partition coefficient (Wildman–Crippen LogP) is 4.06.